The number of fused-ring (bicyclic) bond motifs is 3. The SMILES string of the molecule is CC[C@H]1OC(=O)[C@H](C)[C@@H](OC2CC(C)(OC)C(OC(=O)NCCCCNC(=O)Nc3ccc4c(c3O)C(O)=C3C(=O)[C@]5(O)C(O)=C(C(N)=O)C(=O)[C@@H](C)[C@@H]5C[C@@H]3[C@]4(C)O)C(C)O2)[C@H](C)[C@@H](OC2OC(C)CC(C)C2O)[C@](C)(O)C[C@@H](C)[C@H](N)[C@H](C)[C@@H](O)[C@]1(C)O. The molecule has 3 heterocycles. The summed E-state index contributed by atoms with van der Waals surface area (Å²) in [4.78, 5) is 80.6. The van der Waals surface area contributed by atoms with Crippen molar-refractivity contribution < 1.29 is 108 Å². The van der Waals surface area contributed by atoms with Gasteiger partial charge in [0.2, 0.25) is 5.78 Å². The van der Waals surface area contributed by atoms with Crippen LogP contribution in [0.15, 0.2) is 29.0 Å². The van der Waals surface area contributed by atoms with Crippen LogP contribution in [0.2, 0.25) is 0 Å². The van der Waals surface area contributed by atoms with Gasteiger partial charge in [0.15, 0.2) is 30.1 Å². The van der Waals surface area contributed by atoms with Gasteiger partial charge in [-0.2, -0.15) is 0 Å². The maximum Gasteiger partial charge on any atom is 0.407 e. The minimum absolute atomic E-state index is 0.00256. The molecule has 0 bridgehead atoms. The van der Waals surface area contributed by atoms with E-state index in [-0.39, 0.29) is 62.0 Å². The summed E-state index contributed by atoms with van der Waals surface area (Å²) in [6.07, 6.45) is -10.6. The molecule has 0 aromatic heterocycles. The van der Waals surface area contributed by atoms with E-state index in [1.165, 1.54) is 40.0 Å². The Kier molecular flexibility index (Phi) is 21.7. The number of methoxy groups -OCH3 is 1. The molecule has 8 unspecified atom stereocenters. The maximum atomic E-state index is 14.5. The number of aromatic hydroxyl groups is 1. The Morgan fingerprint density at radius 3 is 2.04 bits per heavy atom. The lowest BCUT2D eigenvalue weighted by molar-refractivity contribution is -0.317. The second kappa shape index (κ2) is 27.2. The number of nitrogens with one attached hydrogen (secondary N) is 3. The van der Waals surface area contributed by atoms with Gasteiger partial charge in [-0.3, -0.25) is 19.2 Å². The number of anilines is 1. The number of benzene rings is 1. The smallest absolute Gasteiger partial charge is 0.407 e. The highest BCUT2D eigenvalue weighted by atomic mass is 16.7. The third-order valence-corrected chi connectivity index (χ3v) is 20.4. The van der Waals surface area contributed by atoms with Crippen molar-refractivity contribution in [1.82, 2.24) is 10.6 Å². The third-order valence-electron chi connectivity index (χ3n) is 20.4. The number of aliphatic hydroxyl groups excluding tert-OH is 4. The van der Waals surface area contributed by atoms with Gasteiger partial charge >= 0.3 is 18.1 Å². The Balaban J connectivity index is 0.992. The number of ketones is 2. The summed E-state index contributed by atoms with van der Waals surface area (Å²) >= 11 is 0. The summed E-state index contributed by atoms with van der Waals surface area (Å²) in [6, 6.07) is 0.992. The summed E-state index contributed by atoms with van der Waals surface area (Å²) in [6.45, 7) is 21.3. The first-order chi connectivity index (χ1) is 41.7. The molecule has 1 saturated carbocycles. The molecule has 0 spiro atoms. The van der Waals surface area contributed by atoms with Crippen LogP contribution in [0.3, 0.4) is 0 Å². The molecule has 4 amide bonds. The number of hydrogen-bond acceptors (Lipinski definition) is 23. The lowest BCUT2D eigenvalue weighted by Crippen LogP contribution is -2.62. The number of carbonyl (C=O) groups excluding carboxylic acids is 6. The van der Waals surface area contributed by atoms with Crippen LogP contribution in [0.4, 0.5) is 15.3 Å². The van der Waals surface area contributed by atoms with Gasteiger partial charge in [0.05, 0.1) is 58.9 Å². The van der Waals surface area contributed by atoms with Crippen LogP contribution in [0.5, 0.6) is 5.75 Å². The number of hydrogen-bond donors (Lipinski definition) is 14. The first-order valence-corrected chi connectivity index (χ1v) is 31.2. The van der Waals surface area contributed by atoms with Crippen molar-refractivity contribution in [3.63, 3.8) is 0 Å². The average Bonchev–Trinajstić information content (AvgIpc) is 0.692. The molecule has 1 aromatic carbocycles. The summed E-state index contributed by atoms with van der Waals surface area (Å²) in [5.41, 5.74) is -0.0892. The molecule has 27 nitrogen and oxygen atoms in total. The number of phenolic OH excluding ortho intramolecular Hbond substituents is 1. The number of ether oxygens (including phenoxy) is 7. The van der Waals surface area contributed by atoms with E-state index in [1.54, 1.807) is 48.5 Å². The van der Waals surface area contributed by atoms with E-state index in [0.29, 0.717) is 19.3 Å². The lowest BCUT2D eigenvalue weighted by atomic mass is 9.53. The highest BCUT2D eigenvalue weighted by Gasteiger charge is 2.66. The molecule has 3 aliphatic carbocycles. The van der Waals surface area contributed by atoms with Crippen LogP contribution in [-0.2, 0) is 57.9 Å². The van der Waals surface area contributed by atoms with Gasteiger partial charge < -0.3 is 107 Å². The monoisotopic (exact) mass is 1280 g/mol. The van der Waals surface area contributed by atoms with E-state index in [9.17, 15) is 74.7 Å². The van der Waals surface area contributed by atoms with Crippen LogP contribution in [-0.4, -0.2) is 192 Å². The van der Waals surface area contributed by atoms with E-state index < -0.39 is 200 Å². The summed E-state index contributed by atoms with van der Waals surface area (Å²) < 4.78 is 44.2. The largest absolute Gasteiger partial charge is 0.508 e. The summed E-state index contributed by atoms with van der Waals surface area (Å²) in [5.74, 6) is -14.7. The van der Waals surface area contributed by atoms with Crippen LogP contribution >= 0.6 is 0 Å². The quantitative estimate of drug-likeness (QED) is 0.0550. The normalized spacial score (nSPS) is 42.0. The molecule has 90 heavy (non-hydrogen) atoms. The predicted octanol–water partition coefficient (Wildman–Crippen LogP) is 3.23. The highest BCUT2D eigenvalue weighted by Crippen LogP contribution is 2.58. The topological polar surface area (TPSA) is 437 Å². The first-order valence-electron chi connectivity index (χ1n) is 31.2. The van der Waals surface area contributed by atoms with Crippen molar-refractivity contribution in [1.29, 1.82) is 0 Å². The number of rotatable bonds is 14. The van der Waals surface area contributed by atoms with Crippen molar-refractivity contribution in [2.75, 3.05) is 25.5 Å². The molecular formula is C63H97N5O22. The number of primary amides is 1. The van der Waals surface area contributed by atoms with Gasteiger partial charge in [0.25, 0.3) is 5.91 Å². The summed E-state index contributed by atoms with van der Waals surface area (Å²) in [5, 5.41) is 113. The molecule has 0 radical (unpaired) electrons. The number of carbonyl (C=O) groups is 6. The third kappa shape index (κ3) is 13.5. The molecule has 6 aliphatic rings. The number of amides is 4. The van der Waals surface area contributed by atoms with Gasteiger partial charge in [-0.25, -0.2) is 9.59 Å². The average molecular weight is 1280 g/mol. The van der Waals surface area contributed by atoms with E-state index in [4.69, 9.17) is 44.6 Å². The number of phenols is 1. The van der Waals surface area contributed by atoms with E-state index in [2.05, 4.69) is 16.0 Å². The Morgan fingerprint density at radius 1 is 0.800 bits per heavy atom. The number of aliphatic hydroxyl groups is 8. The lowest BCUT2D eigenvalue weighted by Gasteiger charge is -2.51. The fourth-order valence-electron chi connectivity index (χ4n) is 14.9. The fraction of sp³-hybridized carbons (Fsp3) is 0.746. The Hall–Kier alpha value is -5.56. The molecule has 24 atom stereocenters. The zero-order chi connectivity index (χ0) is 67.4. The molecular weight excluding hydrogens is 1180 g/mol. The number of alkyl carbamates (subject to hydrolysis) is 1. The molecule has 16 N–H and O–H groups in total. The maximum absolute atomic E-state index is 14.5. The molecule has 3 saturated heterocycles. The minimum Gasteiger partial charge on any atom is -0.508 e. The van der Waals surface area contributed by atoms with Gasteiger partial charge in [-0.15, -0.1) is 0 Å². The van der Waals surface area contributed by atoms with E-state index in [0.717, 1.165) is 0 Å². The minimum atomic E-state index is -2.89. The highest BCUT2D eigenvalue weighted by molar-refractivity contribution is 6.23. The fourth-order valence-corrected chi connectivity index (χ4v) is 14.9. The van der Waals surface area contributed by atoms with Crippen LogP contribution < -0.4 is 27.4 Å². The number of urea groups is 1. The first kappa shape index (κ1) is 71.9. The molecule has 506 valence electrons. The van der Waals surface area contributed by atoms with Crippen molar-refractivity contribution in [3.05, 3.63) is 40.2 Å². The Bertz CT molecular complexity index is 2930. The number of cyclic esters (lactones) is 1. The van der Waals surface area contributed by atoms with Crippen molar-refractivity contribution in [2.24, 2.45) is 58.8 Å². The second-order valence-electron chi connectivity index (χ2n) is 27.2. The van der Waals surface area contributed by atoms with Crippen LogP contribution in [0.25, 0.3) is 5.76 Å². The van der Waals surface area contributed by atoms with E-state index in [1.807, 2.05) is 20.8 Å². The van der Waals surface area contributed by atoms with Crippen molar-refractivity contribution in [3.8, 4) is 5.75 Å². The zero-order valence-corrected chi connectivity index (χ0v) is 54.0. The number of esters is 1. The molecule has 4 fully saturated rings. The molecule has 7 rings (SSSR count). The Morgan fingerprint density at radius 2 is 1.43 bits per heavy atom. The van der Waals surface area contributed by atoms with Crippen LogP contribution in [0, 0.1) is 47.3 Å². The van der Waals surface area contributed by atoms with Gasteiger partial charge in [-0.05, 0) is 110 Å². The number of nitrogens with two attached hydrogens (primary N) is 2. The zero-order valence-electron chi connectivity index (χ0n) is 54.0. The van der Waals surface area contributed by atoms with Gasteiger partial charge in [0, 0.05) is 67.8 Å². The van der Waals surface area contributed by atoms with Gasteiger partial charge in [-0.1, -0.05) is 47.6 Å². The second-order valence-corrected chi connectivity index (χ2v) is 27.2. The number of unbranched alkanes of at least 4 members (excludes halogenated alkanes) is 1. The molecule has 1 aromatic rings. The van der Waals surface area contributed by atoms with Gasteiger partial charge in [0.1, 0.15) is 46.3 Å². The van der Waals surface area contributed by atoms with Crippen LogP contribution in [0.1, 0.15) is 146 Å². The number of Topliss-reactive ketones (excluding diaryl/α,β-unsaturated/α-hetero) is 2. The van der Waals surface area contributed by atoms with Crippen molar-refractivity contribution in [2.45, 2.75) is 230 Å². The van der Waals surface area contributed by atoms with E-state index >= 15 is 0 Å². The summed E-state index contributed by atoms with van der Waals surface area (Å²) in [7, 11) is 1.43. The molecule has 27 heteroatoms. The molecule has 3 aliphatic heterocycles. The Labute approximate surface area is 524 Å². The predicted molar refractivity (Wildman–Crippen MR) is 321 cm³/mol. The standard InChI is InChI=1S/C63H97N5O22/c1-15-38-62(13,82)49(73)30(6)43(64)27(3)24-59(10,80)52(89-56-44(69)26(2)22-28(4)85-56)31(7)48(32(8)55(77)87-38)88-39-25-60(11,84-14)53(33(9)86-39)90-58(79)67-21-17-16-20-66-57(78)68-37-19-18-34-40(46(37)71)47(72)41-36(61(34,12)81)23-35-29(5)45(70)42(54(65)76)51(75)63(35,83)50(41)74/h18-19,26-33,35-36,38-39,43-44,48-49,52-53,56,69,71-73,75,80-83H,15-17,20-25,64H2,1-14H3,(H2,65,76)(H,67,79)(H2,66,68,78)/t26?,27-,28?,29+,30+,31+,32-,33?,35+,36+,38-,39?,43+,44?,48+,49-,52-,53?,56?,59-,60?,61-,62-,63+/m1/s1. The van der Waals surface area contributed by atoms with Crippen molar-refractivity contribution >= 4 is 47.0 Å².